The van der Waals surface area contributed by atoms with Crippen LogP contribution in [-0.4, -0.2) is 30.6 Å². The van der Waals surface area contributed by atoms with Crippen LogP contribution in [0.3, 0.4) is 0 Å². The fourth-order valence-electron chi connectivity index (χ4n) is 1.84. The number of amides is 1. The fraction of sp³-hybridized carbons (Fsp3) is 0.385. The number of carbonyl (C=O) groups is 2. The molecule has 1 saturated carbocycles. The summed E-state index contributed by atoms with van der Waals surface area (Å²) in [4.78, 5) is 23.1. The number of ether oxygens (including phenoxy) is 1. The molecule has 2 rings (SSSR count). The van der Waals surface area contributed by atoms with Gasteiger partial charge in [0.25, 0.3) is 5.91 Å². The maximum atomic E-state index is 12.1. The Balaban J connectivity index is 2.13. The minimum atomic E-state index is -0.890. The highest BCUT2D eigenvalue weighted by molar-refractivity contribution is 6.42. The van der Waals surface area contributed by atoms with E-state index < -0.39 is 17.3 Å². The number of benzene rings is 1. The molecule has 0 radical (unpaired) electrons. The molecule has 2 N–H and O–H groups in total. The van der Waals surface area contributed by atoms with Crippen LogP contribution in [0, 0.1) is 5.41 Å². The van der Waals surface area contributed by atoms with Crippen LogP contribution >= 0.6 is 23.2 Å². The molecule has 1 aromatic rings. The first-order chi connectivity index (χ1) is 9.39. The van der Waals surface area contributed by atoms with E-state index in [0.29, 0.717) is 12.8 Å². The molecule has 1 fully saturated rings. The van der Waals surface area contributed by atoms with Crippen molar-refractivity contribution in [2.24, 2.45) is 5.41 Å². The first-order valence-electron chi connectivity index (χ1n) is 5.94. The van der Waals surface area contributed by atoms with E-state index in [2.05, 4.69) is 5.32 Å². The summed E-state index contributed by atoms with van der Waals surface area (Å²) in [5, 5.41) is 12.2. The summed E-state index contributed by atoms with van der Waals surface area (Å²) < 4.78 is 5.08. The Kier molecular flexibility index (Phi) is 4.11. The lowest BCUT2D eigenvalue weighted by Crippen LogP contribution is -2.34. The molecule has 1 aliphatic rings. The van der Waals surface area contributed by atoms with Crippen molar-refractivity contribution < 1.29 is 19.4 Å². The van der Waals surface area contributed by atoms with Gasteiger partial charge in [0.05, 0.1) is 28.1 Å². The Hall–Kier alpha value is -1.46. The van der Waals surface area contributed by atoms with E-state index in [4.69, 9.17) is 33.0 Å². The molecule has 0 heterocycles. The van der Waals surface area contributed by atoms with Crippen molar-refractivity contribution in [1.29, 1.82) is 0 Å². The second kappa shape index (κ2) is 5.50. The first-order valence-corrected chi connectivity index (χ1v) is 6.70. The molecular weight excluding hydrogens is 305 g/mol. The van der Waals surface area contributed by atoms with Crippen molar-refractivity contribution >= 4 is 35.1 Å². The highest BCUT2D eigenvalue weighted by Crippen LogP contribution is 2.45. The minimum absolute atomic E-state index is 0.0879. The summed E-state index contributed by atoms with van der Waals surface area (Å²) in [5.41, 5.74) is -0.595. The zero-order valence-corrected chi connectivity index (χ0v) is 12.2. The lowest BCUT2D eigenvalue weighted by atomic mass is 10.1. The second-order valence-corrected chi connectivity index (χ2v) is 5.55. The van der Waals surface area contributed by atoms with Crippen molar-refractivity contribution in [3.63, 3.8) is 0 Å². The molecule has 0 atom stereocenters. The van der Waals surface area contributed by atoms with Gasteiger partial charge in [0, 0.05) is 12.6 Å². The molecule has 0 saturated heterocycles. The minimum Gasteiger partial charge on any atom is -0.496 e. The quantitative estimate of drug-likeness (QED) is 0.875. The fourth-order valence-corrected chi connectivity index (χ4v) is 2.15. The van der Waals surface area contributed by atoms with Gasteiger partial charge in [-0.3, -0.25) is 9.59 Å². The maximum Gasteiger partial charge on any atom is 0.311 e. The van der Waals surface area contributed by atoms with E-state index in [1.165, 1.54) is 19.2 Å². The largest absolute Gasteiger partial charge is 0.496 e. The van der Waals surface area contributed by atoms with Gasteiger partial charge in [-0.05, 0) is 18.9 Å². The average Bonchev–Trinajstić information content (AvgIpc) is 3.20. The van der Waals surface area contributed by atoms with Gasteiger partial charge in [-0.15, -0.1) is 0 Å². The van der Waals surface area contributed by atoms with Crippen LogP contribution in [0.4, 0.5) is 0 Å². The lowest BCUT2D eigenvalue weighted by molar-refractivity contribution is -0.143. The molecule has 1 aliphatic carbocycles. The molecule has 0 aliphatic heterocycles. The molecule has 20 heavy (non-hydrogen) atoms. The van der Waals surface area contributed by atoms with E-state index in [1.807, 2.05) is 0 Å². The van der Waals surface area contributed by atoms with Crippen molar-refractivity contribution in [3.05, 3.63) is 27.7 Å². The van der Waals surface area contributed by atoms with Crippen molar-refractivity contribution in [3.8, 4) is 5.75 Å². The Morgan fingerprint density at radius 2 is 1.95 bits per heavy atom. The van der Waals surface area contributed by atoms with E-state index in [0.717, 1.165) is 0 Å². The van der Waals surface area contributed by atoms with Crippen LogP contribution in [0.5, 0.6) is 5.75 Å². The molecule has 1 amide bonds. The van der Waals surface area contributed by atoms with Gasteiger partial charge in [-0.1, -0.05) is 23.2 Å². The van der Waals surface area contributed by atoms with Gasteiger partial charge in [0.2, 0.25) is 0 Å². The summed E-state index contributed by atoms with van der Waals surface area (Å²) in [6.45, 7) is 0.0879. The molecule has 0 unspecified atom stereocenters. The Labute approximate surface area is 125 Å². The number of carboxylic acids is 1. The highest BCUT2D eigenvalue weighted by atomic mass is 35.5. The Morgan fingerprint density at radius 3 is 2.45 bits per heavy atom. The predicted octanol–water partition coefficient (Wildman–Crippen LogP) is 2.60. The van der Waals surface area contributed by atoms with Gasteiger partial charge in [0.1, 0.15) is 5.75 Å². The third kappa shape index (κ3) is 2.83. The Bertz CT molecular complexity index is 570. The van der Waals surface area contributed by atoms with E-state index in [9.17, 15) is 9.59 Å². The SMILES string of the molecule is COc1cc(Cl)c(Cl)cc1C(=O)NCC1(C(=O)O)CC1. The maximum absolute atomic E-state index is 12.1. The summed E-state index contributed by atoms with van der Waals surface area (Å²) >= 11 is 11.7. The molecule has 0 spiro atoms. The van der Waals surface area contributed by atoms with Crippen molar-refractivity contribution in [2.75, 3.05) is 13.7 Å². The van der Waals surface area contributed by atoms with E-state index >= 15 is 0 Å². The topological polar surface area (TPSA) is 75.6 Å². The number of hydrogen-bond donors (Lipinski definition) is 2. The summed E-state index contributed by atoms with van der Waals surface area (Å²) in [7, 11) is 1.41. The molecule has 0 aromatic heterocycles. The first kappa shape index (κ1) is 14.9. The third-order valence-corrected chi connectivity index (χ3v) is 4.10. The number of rotatable bonds is 5. The van der Waals surface area contributed by atoms with Gasteiger partial charge in [-0.2, -0.15) is 0 Å². The number of nitrogens with one attached hydrogen (secondary N) is 1. The summed E-state index contributed by atoms with van der Waals surface area (Å²) in [5.74, 6) is -1.04. The second-order valence-electron chi connectivity index (χ2n) is 4.73. The number of carboxylic acid groups (broad SMARTS) is 1. The summed E-state index contributed by atoms with van der Waals surface area (Å²) in [6.07, 6.45) is 1.14. The van der Waals surface area contributed by atoms with Crippen LogP contribution in [-0.2, 0) is 4.79 Å². The molecular formula is C13H13Cl2NO4. The average molecular weight is 318 g/mol. The molecule has 108 valence electrons. The van der Waals surface area contributed by atoms with Crippen LogP contribution < -0.4 is 10.1 Å². The standard InChI is InChI=1S/C13H13Cl2NO4/c1-20-10-5-9(15)8(14)4-7(10)11(17)16-6-13(2-3-13)12(18)19/h4-5H,2-3,6H2,1H3,(H,16,17)(H,18,19). The van der Waals surface area contributed by atoms with Crippen LogP contribution in [0.25, 0.3) is 0 Å². The zero-order valence-electron chi connectivity index (χ0n) is 10.7. The highest BCUT2D eigenvalue weighted by Gasteiger charge is 2.50. The van der Waals surface area contributed by atoms with Crippen molar-refractivity contribution in [2.45, 2.75) is 12.8 Å². The third-order valence-electron chi connectivity index (χ3n) is 3.38. The molecule has 1 aromatic carbocycles. The van der Waals surface area contributed by atoms with Gasteiger partial charge in [0.15, 0.2) is 0 Å². The lowest BCUT2D eigenvalue weighted by Gasteiger charge is -2.13. The number of methoxy groups -OCH3 is 1. The van der Waals surface area contributed by atoms with Crippen LogP contribution in [0.1, 0.15) is 23.2 Å². The smallest absolute Gasteiger partial charge is 0.311 e. The number of carbonyl (C=O) groups excluding carboxylic acids is 1. The van der Waals surface area contributed by atoms with Crippen LogP contribution in [0.15, 0.2) is 12.1 Å². The van der Waals surface area contributed by atoms with E-state index in [1.54, 1.807) is 0 Å². The number of hydrogen-bond acceptors (Lipinski definition) is 3. The number of aliphatic carboxylic acids is 1. The Morgan fingerprint density at radius 1 is 1.35 bits per heavy atom. The van der Waals surface area contributed by atoms with E-state index in [-0.39, 0.29) is 27.9 Å². The molecule has 0 bridgehead atoms. The normalized spacial score (nSPS) is 15.6. The molecule has 7 heteroatoms. The predicted molar refractivity (Wildman–Crippen MR) is 74.7 cm³/mol. The monoisotopic (exact) mass is 317 g/mol. The van der Waals surface area contributed by atoms with Crippen molar-refractivity contribution in [1.82, 2.24) is 5.32 Å². The zero-order chi connectivity index (χ0) is 14.9. The van der Waals surface area contributed by atoms with Crippen LogP contribution in [0.2, 0.25) is 10.0 Å². The van der Waals surface area contributed by atoms with Gasteiger partial charge in [-0.25, -0.2) is 0 Å². The van der Waals surface area contributed by atoms with Gasteiger partial charge < -0.3 is 15.2 Å². The number of halogens is 2. The van der Waals surface area contributed by atoms with Gasteiger partial charge >= 0.3 is 5.97 Å². The summed E-state index contributed by atoms with van der Waals surface area (Å²) in [6, 6.07) is 2.85. The molecule has 5 nitrogen and oxygen atoms in total.